The largest absolute Gasteiger partial charge is 0.383 e. The maximum absolute atomic E-state index is 5.46. The lowest BCUT2D eigenvalue weighted by Gasteiger charge is -2.15. The van der Waals surface area contributed by atoms with Crippen LogP contribution in [0.5, 0.6) is 0 Å². The van der Waals surface area contributed by atoms with Gasteiger partial charge in [0, 0.05) is 12.8 Å². The predicted molar refractivity (Wildman–Crippen MR) is 75.7 cm³/mol. The van der Waals surface area contributed by atoms with Crippen LogP contribution >= 0.6 is 0 Å². The normalized spacial score (nSPS) is 11.4. The van der Waals surface area contributed by atoms with Crippen molar-refractivity contribution in [3.63, 3.8) is 0 Å². The van der Waals surface area contributed by atoms with E-state index in [0.717, 1.165) is 12.1 Å². The van der Waals surface area contributed by atoms with E-state index in [1.54, 1.807) is 7.11 Å². The number of ether oxygens (including phenoxy) is 1. The fourth-order valence-corrected chi connectivity index (χ4v) is 1.69. The average Bonchev–Trinajstić information content (AvgIpc) is 2.39. The number of nitrogens with zero attached hydrogens (tertiary/aromatic N) is 1. The SMILES string of the molecule is CCc1cccc(C)c1NC(=NCCOC)NN. The Hall–Kier alpha value is -1.59. The zero-order chi connectivity index (χ0) is 13.4. The lowest BCUT2D eigenvalue weighted by atomic mass is 10.1. The van der Waals surface area contributed by atoms with Crippen molar-refractivity contribution in [2.75, 3.05) is 25.6 Å². The summed E-state index contributed by atoms with van der Waals surface area (Å²) in [6, 6.07) is 6.21. The molecule has 5 nitrogen and oxygen atoms in total. The summed E-state index contributed by atoms with van der Waals surface area (Å²) >= 11 is 0. The molecule has 0 aliphatic carbocycles. The third-order valence-corrected chi connectivity index (χ3v) is 2.69. The van der Waals surface area contributed by atoms with E-state index in [9.17, 15) is 0 Å². The first kappa shape index (κ1) is 14.5. The molecule has 4 N–H and O–H groups in total. The standard InChI is InChI=1S/C13H22N4O/c1-4-11-7-5-6-10(2)12(11)16-13(17-14)15-8-9-18-3/h5-7H,4,8-9,14H2,1-3H3,(H2,15,16,17). The molecule has 0 fully saturated rings. The molecule has 0 radical (unpaired) electrons. The Morgan fingerprint density at radius 1 is 1.44 bits per heavy atom. The number of aryl methyl sites for hydroxylation is 2. The van der Waals surface area contributed by atoms with E-state index < -0.39 is 0 Å². The van der Waals surface area contributed by atoms with E-state index in [1.165, 1.54) is 11.1 Å². The van der Waals surface area contributed by atoms with Crippen LogP contribution in [-0.4, -0.2) is 26.2 Å². The lowest BCUT2D eigenvalue weighted by Crippen LogP contribution is -2.37. The van der Waals surface area contributed by atoms with Crippen LogP contribution in [0.2, 0.25) is 0 Å². The fourth-order valence-electron chi connectivity index (χ4n) is 1.69. The second kappa shape index (κ2) is 7.68. The van der Waals surface area contributed by atoms with E-state index in [0.29, 0.717) is 19.1 Å². The van der Waals surface area contributed by atoms with Crippen LogP contribution < -0.4 is 16.6 Å². The maximum atomic E-state index is 5.46. The van der Waals surface area contributed by atoms with Gasteiger partial charge in [0.15, 0.2) is 0 Å². The fraction of sp³-hybridized carbons (Fsp3) is 0.462. The second-order valence-electron chi connectivity index (χ2n) is 3.96. The number of hydrogen-bond donors (Lipinski definition) is 3. The van der Waals surface area contributed by atoms with Gasteiger partial charge in [-0.3, -0.25) is 5.43 Å². The number of anilines is 1. The van der Waals surface area contributed by atoms with Gasteiger partial charge in [0.05, 0.1) is 13.2 Å². The minimum absolute atomic E-state index is 0.552. The highest BCUT2D eigenvalue weighted by Gasteiger charge is 2.06. The third kappa shape index (κ3) is 4.01. The van der Waals surface area contributed by atoms with Crippen molar-refractivity contribution < 1.29 is 4.74 Å². The molecule has 0 aromatic heterocycles. The Morgan fingerprint density at radius 3 is 2.83 bits per heavy atom. The van der Waals surface area contributed by atoms with Crippen LogP contribution in [-0.2, 0) is 11.2 Å². The van der Waals surface area contributed by atoms with Gasteiger partial charge in [0.1, 0.15) is 0 Å². The molecule has 0 atom stereocenters. The second-order valence-corrected chi connectivity index (χ2v) is 3.96. The molecule has 0 unspecified atom stereocenters. The summed E-state index contributed by atoms with van der Waals surface area (Å²) in [4.78, 5) is 4.29. The highest BCUT2D eigenvalue weighted by molar-refractivity contribution is 5.94. The van der Waals surface area contributed by atoms with E-state index in [2.05, 4.69) is 47.8 Å². The number of aliphatic imine (C=N–C) groups is 1. The molecular formula is C13H22N4O. The summed E-state index contributed by atoms with van der Waals surface area (Å²) in [5, 5.41) is 3.23. The molecule has 0 spiro atoms. The van der Waals surface area contributed by atoms with Gasteiger partial charge in [-0.1, -0.05) is 25.1 Å². The number of hydrogen-bond acceptors (Lipinski definition) is 3. The zero-order valence-electron chi connectivity index (χ0n) is 11.3. The quantitative estimate of drug-likeness (QED) is 0.243. The Kier molecular flexibility index (Phi) is 6.18. The van der Waals surface area contributed by atoms with E-state index in [4.69, 9.17) is 10.6 Å². The van der Waals surface area contributed by atoms with Crippen LogP contribution in [0.25, 0.3) is 0 Å². The first-order chi connectivity index (χ1) is 8.72. The number of benzene rings is 1. The molecular weight excluding hydrogens is 228 g/mol. The minimum atomic E-state index is 0.552. The number of guanidine groups is 1. The Balaban J connectivity index is 2.84. The molecule has 18 heavy (non-hydrogen) atoms. The van der Waals surface area contributed by atoms with Crippen LogP contribution in [0, 0.1) is 6.92 Å². The summed E-state index contributed by atoms with van der Waals surface area (Å²) in [5.74, 6) is 6.01. The molecule has 1 rings (SSSR count). The van der Waals surface area contributed by atoms with Gasteiger partial charge in [0.2, 0.25) is 5.96 Å². The first-order valence-electron chi connectivity index (χ1n) is 6.08. The van der Waals surface area contributed by atoms with E-state index in [-0.39, 0.29) is 0 Å². The molecule has 1 aromatic carbocycles. The Morgan fingerprint density at radius 2 is 2.22 bits per heavy atom. The highest BCUT2D eigenvalue weighted by atomic mass is 16.5. The third-order valence-electron chi connectivity index (χ3n) is 2.69. The van der Waals surface area contributed by atoms with Crippen molar-refractivity contribution in [2.45, 2.75) is 20.3 Å². The highest BCUT2D eigenvalue weighted by Crippen LogP contribution is 2.20. The van der Waals surface area contributed by atoms with Gasteiger partial charge in [-0.25, -0.2) is 10.8 Å². The number of nitrogens with one attached hydrogen (secondary N) is 2. The molecule has 0 saturated heterocycles. The maximum Gasteiger partial charge on any atom is 0.210 e. The van der Waals surface area contributed by atoms with E-state index >= 15 is 0 Å². The summed E-state index contributed by atoms with van der Waals surface area (Å²) in [6.07, 6.45) is 0.958. The summed E-state index contributed by atoms with van der Waals surface area (Å²) in [5.41, 5.74) is 6.05. The summed E-state index contributed by atoms with van der Waals surface area (Å²) < 4.78 is 4.95. The van der Waals surface area contributed by atoms with Gasteiger partial charge in [0.25, 0.3) is 0 Å². The van der Waals surface area contributed by atoms with Crippen LogP contribution in [0.1, 0.15) is 18.1 Å². The minimum Gasteiger partial charge on any atom is -0.383 e. The number of methoxy groups -OCH3 is 1. The van der Waals surface area contributed by atoms with Gasteiger partial charge in [-0.2, -0.15) is 0 Å². The molecule has 0 heterocycles. The molecule has 0 saturated carbocycles. The molecule has 0 aliphatic heterocycles. The lowest BCUT2D eigenvalue weighted by molar-refractivity contribution is 0.208. The monoisotopic (exact) mass is 250 g/mol. The molecule has 0 bridgehead atoms. The van der Waals surface area contributed by atoms with Gasteiger partial charge >= 0.3 is 0 Å². The van der Waals surface area contributed by atoms with Crippen molar-refractivity contribution in [3.05, 3.63) is 29.3 Å². The smallest absolute Gasteiger partial charge is 0.210 e. The Labute approximate surface area is 108 Å². The predicted octanol–water partition coefficient (Wildman–Crippen LogP) is 1.44. The van der Waals surface area contributed by atoms with Crippen molar-refractivity contribution in [2.24, 2.45) is 10.8 Å². The average molecular weight is 250 g/mol. The molecule has 0 aliphatic rings. The number of nitrogens with two attached hydrogens (primary N) is 1. The zero-order valence-corrected chi connectivity index (χ0v) is 11.3. The topological polar surface area (TPSA) is 71.7 Å². The molecule has 1 aromatic rings. The first-order valence-corrected chi connectivity index (χ1v) is 6.08. The molecule has 5 heteroatoms. The van der Waals surface area contributed by atoms with E-state index in [1.807, 2.05) is 0 Å². The number of hydrazine groups is 1. The van der Waals surface area contributed by atoms with Gasteiger partial charge in [-0.15, -0.1) is 0 Å². The van der Waals surface area contributed by atoms with Crippen LogP contribution in [0.15, 0.2) is 23.2 Å². The Bertz CT molecular complexity index is 404. The van der Waals surface area contributed by atoms with Crippen LogP contribution in [0.4, 0.5) is 5.69 Å². The van der Waals surface area contributed by atoms with Crippen molar-refractivity contribution in [1.82, 2.24) is 5.43 Å². The summed E-state index contributed by atoms with van der Waals surface area (Å²) in [6.45, 7) is 5.32. The molecule has 100 valence electrons. The number of para-hydroxylation sites is 1. The van der Waals surface area contributed by atoms with Crippen molar-refractivity contribution in [1.29, 1.82) is 0 Å². The van der Waals surface area contributed by atoms with Crippen molar-refractivity contribution >= 4 is 11.6 Å². The number of rotatable bonds is 5. The summed E-state index contributed by atoms with van der Waals surface area (Å²) in [7, 11) is 1.65. The van der Waals surface area contributed by atoms with Crippen molar-refractivity contribution in [3.8, 4) is 0 Å². The van der Waals surface area contributed by atoms with Crippen LogP contribution in [0.3, 0.4) is 0 Å². The molecule has 0 amide bonds. The van der Waals surface area contributed by atoms with Gasteiger partial charge < -0.3 is 10.1 Å². The van der Waals surface area contributed by atoms with Gasteiger partial charge in [-0.05, 0) is 24.5 Å².